The summed E-state index contributed by atoms with van der Waals surface area (Å²) in [6.45, 7) is 1.65. The molecule has 0 fully saturated rings. The zero-order valence-corrected chi connectivity index (χ0v) is 9.69. The lowest BCUT2D eigenvalue weighted by Crippen LogP contribution is -2.20. The van der Waals surface area contributed by atoms with E-state index >= 15 is 0 Å². The van der Waals surface area contributed by atoms with Crippen molar-refractivity contribution in [1.29, 1.82) is 0 Å². The summed E-state index contributed by atoms with van der Waals surface area (Å²) in [6.07, 6.45) is 0. The molecule has 0 unspecified atom stereocenters. The van der Waals surface area contributed by atoms with E-state index in [1.54, 1.807) is 13.0 Å². The van der Waals surface area contributed by atoms with Gasteiger partial charge < -0.3 is 9.94 Å². The number of benzene rings is 1. The summed E-state index contributed by atoms with van der Waals surface area (Å²) in [5.74, 6) is 0.154. The molecule has 1 aromatic rings. The van der Waals surface area contributed by atoms with Crippen LogP contribution in [0.15, 0.2) is 17.0 Å². The summed E-state index contributed by atoms with van der Waals surface area (Å²) >= 11 is 5.71. The molecule has 2 N–H and O–H groups in total. The molecule has 15 heavy (non-hydrogen) atoms. The largest absolute Gasteiger partial charge is 0.495 e. The molecule has 0 saturated heterocycles. The van der Waals surface area contributed by atoms with E-state index in [0.717, 1.165) is 0 Å². The molecule has 0 aromatic heterocycles. The van der Waals surface area contributed by atoms with Gasteiger partial charge in [0.05, 0.1) is 7.11 Å². The molecule has 0 saturated carbocycles. The zero-order chi connectivity index (χ0) is 11.6. The quantitative estimate of drug-likeness (QED) is 0.795. The van der Waals surface area contributed by atoms with Crippen LogP contribution in [0.25, 0.3) is 0 Å². The molecule has 0 spiro atoms. The maximum Gasteiger partial charge on any atom is 0.266 e. The standard InChI is InChI=1S/C8H10ClNO4S/c1-5-3-6(9)4-7(8(5)14-2)15(12,13)10-11/h3-4,10-11H,1-2H3. The second-order valence-corrected chi connectivity index (χ2v) is 4.91. The van der Waals surface area contributed by atoms with Crippen LogP contribution in [-0.4, -0.2) is 20.7 Å². The Morgan fingerprint density at radius 3 is 2.53 bits per heavy atom. The third-order valence-corrected chi connectivity index (χ3v) is 3.16. The van der Waals surface area contributed by atoms with Crippen LogP contribution in [0, 0.1) is 6.92 Å². The number of sulfonamides is 1. The molecule has 5 nitrogen and oxygen atoms in total. The summed E-state index contributed by atoms with van der Waals surface area (Å²) in [6, 6.07) is 2.77. The second kappa shape index (κ2) is 4.36. The highest BCUT2D eigenvalue weighted by atomic mass is 35.5. The predicted octanol–water partition coefficient (Wildman–Crippen LogP) is 1.32. The molecular formula is C8H10ClNO4S. The minimum absolute atomic E-state index is 0.154. The maximum absolute atomic E-state index is 11.4. The Bertz CT molecular complexity index is 472. The number of halogens is 1. The van der Waals surface area contributed by atoms with Crippen LogP contribution in [0.3, 0.4) is 0 Å². The highest BCUT2D eigenvalue weighted by Crippen LogP contribution is 2.30. The van der Waals surface area contributed by atoms with Gasteiger partial charge in [-0.15, -0.1) is 0 Å². The molecule has 0 amide bonds. The minimum atomic E-state index is -3.99. The zero-order valence-electron chi connectivity index (χ0n) is 8.11. The first-order valence-corrected chi connectivity index (χ1v) is 5.78. The molecule has 1 rings (SSSR count). The summed E-state index contributed by atoms with van der Waals surface area (Å²) in [5, 5.41) is 8.76. The van der Waals surface area contributed by atoms with E-state index in [9.17, 15) is 8.42 Å². The van der Waals surface area contributed by atoms with Crippen molar-refractivity contribution in [3.63, 3.8) is 0 Å². The summed E-state index contributed by atoms with van der Waals surface area (Å²) < 4.78 is 27.7. The minimum Gasteiger partial charge on any atom is -0.495 e. The van der Waals surface area contributed by atoms with Crippen molar-refractivity contribution in [2.75, 3.05) is 7.11 Å². The van der Waals surface area contributed by atoms with Crippen molar-refractivity contribution < 1.29 is 18.4 Å². The van der Waals surface area contributed by atoms with Gasteiger partial charge in [0.2, 0.25) is 0 Å². The molecule has 0 atom stereocenters. The Morgan fingerprint density at radius 2 is 2.07 bits per heavy atom. The topological polar surface area (TPSA) is 75.6 Å². The summed E-state index contributed by atoms with van der Waals surface area (Å²) in [4.78, 5) is 1.02. The van der Waals surface area contributed by atoms with Gasteiger partial charge in [0.1, 0.15) is 10.6 Å². The van der Waals surface area contributed by atoms with E-state index in [-0.39, 0.29) is 15.7 Å². The van der Waals surface area contributed by atoms with Gasteiger partial charge in [-0.1, -0.05) is 16.5 Å². The van der Waals surface area contributed by atoms with Crippen LogP contribution in [0.5, 0.6) is 5.75 Å². The van der Waals surface area contributed by atoms with Gasteiger partial charge in [-0.2, -0.15) is 0 Å². The Labute approximate surface area is 92.6 Å². The van der Waals surface area contributed by atoms with Gasteiger partial charge in [0.25, 0.3) is 10.0 Å². The van der Waals surface area contributed by atoms with E-state index in [1.165, 1.54) is 18.1 Å². The van der Waals surface area contributed by atoms with Gasteiger partial charge in [0, 0.05) is 5.02 Å². The SMILES string of the molecule is COc1c(C)cc(Cl)cc1S(=O)(=O)NO. The van der Waals surface area contributed by atoms with Crippen molar-refractivity contribution in [2.45, 2.75) is 11.8 Å². The van der Waals surface area contributed by atoms with Gasteiger partial charge in [-0.25, -0.2) is 8.42 Å². The van der Waals surface area contributed by atoms with Crippen molar-refractivity contribution in [3.05, 3.63) is 22.7 Å². The maximum atomic E-state index is 11.4. The molecule has 0 aliphatic rings. The average molecular weight is 252 g/mol. The van der Waals surface area contributed by atoms with E-state index in [2.05, 4.69) is 0 Å². The first kappa shape index (κ1) is 12.3. The molecule has 0 bridgehead atoms. The fourth-order valence-corrected chi connectivity index (χ4v) is 2.42. The number of aryl methyl sites for hydroxylation is 1. The van der Waals surface area contributed by atoms with Gasteiger partial charge >= 0.3 is 0 Å². The number of nitrogens with one attached hydrogen (secondary N) is 1. The molecule has 0 radical (unpaired) electrons. The lowest BCUT2D eigenvalue weighted by molar-refractivity contribution is 0.242. The second-order valence-electron chi connectivity index (χ2n) is 2.85. The van der Waals surface area contributed by atoms with Crippen LogP contribution in [-0.2, 0) is 10.0 Å². The van der Waals surface area contributed by atoms with E-state index in [0.29, 0.717) is 5.56 Å². The molecule has 0 aliphatic heterocycles. The van der Waals surface area contributed by atoms with Crippen LogP contribution in [0.4, 0.5) is 0 Å². The molecule has 7 heteroatoms. The van der Waals surface area contributed by atoms with Gasteiger partial charge in [-0.05, 0) is 24.6 Å². The molecular weight excluding hydrogens is 242 g/mol. The molecule has 84 valence electrons. The van der Waals surface area contributed by atoms with Crippen molar-refractivity contribution in [2.24, 2.45) is 0 Å². The van der Waals surface area contributed by atoms with Crippen LogP contribution in [0.2, 0.25) is 5.02 Å². The van der Waals surface area contributed by atoms with E-state index in [4.69, 9.17) is 21.5 Å². The van der Waals surface area contributed by atoms with E-state index < -0.39 is 10.0 Å². The molecule has 0 heterocycles. The predicted molar refractivity (Wildman–Crippen MR) is 54.8 cm³/mol. The Morgan fingerprint density at radius 1 is 1.47 bits per heavy atom. The van der Waals surface area contributed by atoms with Crippen LogP contribution >= 0.6 is 11.6 Å². The number of methoxy groups -OCH3 is 1. The lowest BCUT2D eigenvalue weighted by atomic mass is 10.2. The van der Waals surface area contributed by atoms with Crippen LogP contribution in [0.1, 0.15) is 5.56 Å². The number of hydrogen-bond donors (Lipinski definition) is 2. The molecule has 1 aromatic carbocycles. The van der Waals surface area contributed by atoms with E-state index in [1.807, 2.05) is 0 Å². The van der Waals surface area contributed by atoms with Crippen molar-refractivity contribution >= 4 is 21.6 Å². The van der Waals surface area contributed by atoms with Crippen LogP contribution < -0.4 is 9.62 Å². The first-order valence-electron chi connectivity index (χ1n) is 3.92. The first-order chi connectivity index (χ1) is 6.92. The fraction of sp³-hybridized carbons (Fsp3) is 0.250. The highest BCUT2D eigenvalue weighted by molar-refractivity contribution is 7.89. The Kier molecular flexibility index (Phi) is 3.56. The van der Waals surface area contributed by atoms with Gasteiger partial charge in [-0.3, -0.25) is 0 Å². The molecule has 0 aliphatic carbocycles. The van der Waals surface area contributed by atoms with Crippen molar-refractivity contribution in [3.8, 4) is 5.75 Å². The average Bonchev–Trinajstić information content (AvgIpc) is 2.16. The van der Waals surface area contributed by atoms with Crippen molar-refractivity contribution in [1.82, 2.24) is 4.89 Å². The number of ether oxygens (including phenoxy) is 1. The highest BCUT2D eigenvalue weighted by Gasteiger charge is 2.20. The normalized spacial score (nSPS) is 11.5. The number of hydrogen-bond acceptors (Lipinski definition) is 4. The fourth-order valence-electron chi connectivity index (χ4n) is 1.21. The summed E-state index contributed by atoms with van der Waals surface area (Å²) in [5.41, 5.74) is 0.568. The number of rotatable bonds is 3. The van der Waals surface area contributed by atoms with Gasteiger partial charge in [0.15, 0.2) is 0 Å². The Balaban J connectivity index is 3.53. The summed E-state index contributed by atoms with van der Waals surface area (Å²) in [7, 11) is -2.65. The lowest BCUT2D eigenvalue weighted by Gasteiger charge is -2.11. The third-order valence-electron chi connectivity index (χ3n) is 1.82. The Hall–Kier alpha value is -0.820. The monoisotopic (exact) mass is 251 g/mol. The smallest absolute Gasteiger partial charge is 0.266 e. The third kappa shape index (κ3) is 2.40.